The van der Waals surface area contributed by atoms with E-state index in [1.807, 2.05) is 0 Å². The van der Waals surface area contributed by atoms with Crippen LogP contribution in [0.15, 0.2) is 0 Å². The van der Waals surface area contributed by atoms with Crippen molar-refractivity contribution in [2.45, 2.75) is 25.0 Å². The summed E-state index contributed by atoms with van der Waals surface area (Å²) in [6, 6.07) is -0.520. The van der Waals surface area contributed by atoms with Crippen LogP contribution in [0.25, 0.3) is 0 Å². The number of piperidine rings is 1. The number of hydrogen-bond donors (Lipinski definition) is 2. The summed E-state index contributed by atoms with van der Waals surface area (Å²) in [7, 11) is 1.32. The van der Waals surface area contributed by atoms with Gasteiger partial charge in [0.2, 0.25) is 0 Å². The van der Waals surface area contributed by atoms with Crippen LogP contribution in [0.5, 0.6) is 0 Å². The summed E-state index contributed by atoms with van der Waals surface area (Å²) in [6.45, 7) is 0.775. The fourth-order valence-electron chi connectivity index (χ4n) is 1.24. The molecule has 2 N–H and O–H groups in total. The predicted octanol–water partition coefficient (Wildman–Crippen LogP) is -0.728. The first-order valence-corrected chi connectivity index (χ1v) is 3.75. The lowest BCUT2D eigenvalue weighted by molar-refractivity contribution is -0.147. The van der Waals surface area contributed by atoms with E-state index in [1.165, 1.54) is 7.11 Å². The molecule has 0 aliphatic carbocycles. The van der Waals surface area contributed by atoms with Crippen molar-refractivity contribution in [3.63, 3.8) is 0 Å². The minimum atomic E-state index is -0.587. The van der Waals surface area contributed by atoms with E-state index in [1.54, 1.807) is 0 Å². The van der Waals surface area contributed by atoms with Gasteiger partial charge in [-0.15, -0.1) is 0 Å². The fourth-order valence-corrected chi connectivity index (χ4v) is 1.24. The number of ether oxygens (including phenoxy) is 1. The molecule has 0 unspecified atom stereocenters. The molecule has 0 aromatic rings. The van der Waals surface area contributed by atoms with Gasteiger partial charge in [-0.2, -0.15) is 0 Å². The topological polar surface area (TPSA) is 58.6 Å². The van der Waals surface area contributed by atoms with Crippen molar-refractivity contribution >= 4 is 5.97 Å². The van der Waals surface area contributed by atoms with Crippen LogP contribution in [-0.4, -0.2) is 36.9 Å². The molecule has 0 bridgehead atoms. The highest BCUT2D eigenvalue weighted by Gasteiger charge is 2.29. The number of carbonyl (C=O) groups is 1. The van der Waals surface area contributed by atoms with Gasteiger partial charge in [-0.1, -0.05) is 0 Å². The molecule has 1 saturated heterocycles. The third-order valence-electron chi connectivity index (χ3n) is 1.88. The second-order valence-corrected chi connectivity index (χ2v) is 2.66. The zero-order valence-corrected chi connectivity index (χ0v) is 6.54. The molecular weight excluding hydrogens is 146 g/mol. The van der Waals surface area contributed by atoms with Crippen LogP contribution in [0.2, 0.25) is 0 Å². The van der Waals surface area contributed by atoms with Gasteiger partial charge < -0.3 is 15.2 Å². The Morgan fingerprint density at radius 1 is 1.73 bits per heavy atom. The molecule has 2 atom stereocenters. The van der Waals surface area contributed by atoms with Gasteiger partial charge in [0.25, 0.3) is 0 Å². The lowest BCUT2D eigenvalue weighted by Gasteiger charge is -2.26. The Balaban J connectivity index is 2.47. The van der Waals surface area contributed by atoms with Crippen molar-refractivity contribution in [3.05, 3.63) is 0 Å². The third-order valence-corrected chi connectivity index (χ3v) is 1.88. The fraction of sp³-hybridized carbons (Fsp3) is 0.857. The maximum Gasteiger partial charge on any atom is 0.325 e. The van der Waals surface area contributed by atoms with Gasteiger partial charge >= 0.3 is 5.97 Å². The van der Waals surface area contributed by atoms with E-state index in [2.05, 4.69) is 10.1 Å². The molecular formula is C7H13NO3. The molecule has 4 nitrogen and oxygen atoms in total. The molecule has 0 aromatic carbocycles. The van der Waals surface area contributed by atoms with Crippen molar-refractivity contribution in [2.24, 2.45) is 0 Å². The molecule has 0 radical (unpaired) electrons. The molecule has 1 fully saturated rings. The molecule has 1 aliphatic rings. The molecule has 1 aliphatic heterocycles. The Bertz CT molecular complexity index is 149. The number of rotatable bonds is 1. The van der Waals surface area contributed by atoms with Crippen LogP contribution in [-0.2, 0) is 9.53 Å². The number of hydrogen-bond acceptors (Lipinski definition) is 4. The number of aliphatic hydroxyl groups excluding tert-OH is 1. The van der Waals surface area contributed by atoms with Gasteiger partial charge in [0, 0.05) is 0 Å². The third kappa shape index (κ3) is 1.91. The Morgan fingerprint density at radius 3 is 3.00 bits per heavy atom. The van der Waals surface area contributed by atoms with Crippen molar-refractivity contribution in [1.82, 2.24) is 5.32 Å². The van der Waals surface area contributed by atoms with Crippen molar-refractivity contribution in [1.29, 1.82) is 0 Å². The standard InChI is InChI=1S/C7H13NO3/c1-11-7(10)6-5(9)3-2-4-8-6/h5-6,8-9H,2-4H2,1H3/t5-,6-/m1/s1. The molecule has 0 saturated carbocycles. The van der Waals surface area contributed by atoms with E-state index in [-0.39, 0.29) is 5.97 Å². The average Bonchev–Trinajstić information content (AvgIpc) is 2.04. The van der Waals surface area contributed by atoms with E-state index in [0.29, 0.717) is 6.42 Å². The summed E-state index contributed by atoms with van der Waals surface area (Å²) in [6.07, 6.45) is 0.998. The molecule has 1 heterocycles. The molecule has 1 rings (SSSR count). The minimum absolute atomic E-state index is 0.378. The van der Waals surface area contributed by atoms with Crippen LogP contribution in [0.1, 0.15) is 12.8 Å². The summed E-state index contributed by atoms with van der Waals surface area (Å²) in [5, 5.41) is 12.2. The van der Waals surface area contributed by atoms with E-state index in [0.717, 1.165) is 13.0 Å². The summed E-state index contributed by atoms with van der Waals surface area (Å²) in [5.74, 6) is -0.378. The van der Waals surface area contributed by atoms with Crippen LogP contribution in [0.3, 0.4) is 0 Å². The van der Waals surface area contributed by atoms with Crippen molar-refractivity contribution in [3.8, 4) is 0 Å². The van der Waals surface area contributed by atoms with Crippen LogP contribution in [0, 0.1) is 0 Å². The molecule has 0 spiro atoms. The Morgan fingerprint density at radius 2 is 2.45 bits per heavy atom. The highest BCUT2D eigenvalue weighted by Crippen LogP contribution is 2.08. The number of carbonyl (C=O) groups excluding carboxylic acids is 1. The minimum Gasteiger partial charge on any atom is -0.468 e. The van der Waals surface area contributed by atoms with Crippen molar-refractivity contribution in [2.75, 3.05) is 13.7 Å². The van der Waals surface area contributed by atoms with Gasteiger partial charge in [-0.25, -0.2) is 0 Å². The SMILES string of the molecule is COC(=O)[C@@H]1NCCC[C@H]1O. The van der Waals surface area contributed by atoms with Crippen LogP contribution in [0.4, 0.5) is 0 Å². The summed E-state index contributed by atoms with van der Waals surface area (Å²) >= 11 is 0. The zero-order valence-electron chi connectivity index (χ0n) is 6.54. The van der Waals surface area contributed by atoms with Gasteiger partial charge in [0.05, 0.1) is 13.2 Å². The van der Waals surface area contributed by atoms with Crippen LogP contribution >= 0.6 is 0 Å². The lowest BCUT2D eigenvalue weighted by Crippen LogP contribution is -2.50. The van der Waals surface area contributed by atoms with Crippen LogP contribution < -0.4 is 5.32 Å². The maximum atomic E-state index is 10.9. The van der Waals surface area contributed by atoms with E-state index >= 15 is 0 Å². The zero-order chi connectivity index (χ0) is 8.27. The molecule has 0 aromatic heterocycles. The van der Waals surface area contributed by atoms with Gasteiger partial charge in [0.1, 0.15) is 6.04 Å². The summed E-state index contributed by atoms with van der Waals surface area (Å²) < 4.78 is 4.50. The molecule has 11 heavy (non-hydrogen) atoms. The number of nitrogens with one attached hydrogen (secondary N) is 1. The Hall–Kier alpha value is -0.610. The first-order valence-electron chi connectivity index (χ1n) is 3.75. The highest BCUT2D eigenvalue weighted by molar-refractivity contribution is 5.76. The highest BCUT2D eigenvalue weighted by atomic mass is 16.5. The summed E-state index contributed by atoms with van der Waals surface area (Å²) in [4.78, 5) is 10.9. The molecule has 4 heteroatoms. The second-order valence-electron chi connectivity index (χ2n) is 2.66. The molecule has 0 amide bonds. The monoisotopic (exact) mass is 159 g/mol. The van der Waals surface area contributed by atoms with E-state index in [4.69, 9.17) is 0 Å². The Kier molecular flexibility index (Phi) is 2.84. The normalized spacial score (nSPS) is 31.5. The smallest absolute Gasteiger partial charge is 0.325 e. The summed E-state index contributed by atoms with van der Waals surface area (Å²) in [5.41, 5.74) is 0. The Labute approximate surface area is 65.5 Å². The van der Waals surface area contributed by atoms with Gasteiger partial charge in [0.15, 0.2) is 0 Å². The number of esters is 1. The van der Waals surface area contributed by atoms with Gasteiger partial charge in [-0.05, 0) is 19.4 Å². The number of methoxy groups -OCH3 is 1. The quantitative estimate of drug-likeness (QED) is 0.495. The average molecular weight is 159 g/mol. The van der Waals surface area contributed by atoms with Crippen molar-refractivity contribution < 1.29 is 14.6 Å². The van der Waals surface area contributed by atoms with E-state index < -0.39 is 12.1 Å². The number of aliphatic hydroxyl groups is 1. The predicted molar refractivity (Wildman–Crippen MR) is 39.0 cm³/mol. The first-order chi connectivity index (χ1) is 5.25. The van der Waals surface area contributed by atoms with E-state index in [9.17, 15) is 9.90 Å². The maximum absolute atomic E-state index is 10.9. The molecule has 64 valence electrons. The largest absolute Gasteiger partial charge is 0.468 e. The van der Waals surface area contributed by atoms with Gasteiger partial charge in [-0.3, -0.25) is 4.79 Å². The lowest BCUT2D eigenvalue weighted by atomic mass is 10.0. The first kappa shape index (κ1) is 8.49. The second kappa shape index (κ2) is 3.69.